The molecule has 0 radical (unpaired) electrons. The molecule has 1 aromatic rings. The molecular formula is C17H22N2OS. The number of rotatable bonds is 2. The van der Waals surface area contributed by atoms with E-state index in [2.05, 4.69) is 18.2 Å². The number of nitrogens with two attached hydrogens (primary N) is 1. The predicted molar refractivity (Wildman–Crippen MR) is 87.9 cm³/mol. The monoisotopic (exact) mass is 302 g/mol. The Hall–Kier alpha value is -1.42. The Labute approximate surface area is 131 Å². The van der Waals surface area contributed by atoms with E-state index in [1.54, 1.807) is 0 Å². The predicted octanol–water partition coefficient (Wildman–Crippen LogP) is 2.81. The summed E-state index contributed by atoms with van der Waals surface area (Å²) in [7, 11) is 0. The van der Waals surface area contributed by atoms with Crippen molar-refractivity contribution >= 4 is 23.1 Å². The fourth-order valence-corrected chi connectivity index (χ4v) is 4.01. The molecule has 4 heteroatoms. The maximum atomic E-state index is 13.1. The summed E-state index contributed by atoms with van der Waals surface area (Å²) in [4.78, 5) is 15.5. The molecule has 1 aliphatic carbocycles. The van der Waals surface area contributed by atoms with E-state index in [9.17, 15) is 4.79 Å². The molecule has 3 rings (SSSR count). The zero-order valence-electron chi connectivity index (χ0n) is 12.3. The average Bonchev–Trinajstić information content (AvgIpc) is 2.88. The lowest BCUT2D eigenvalue weighted by Gasteiger charge is -2.33. The third-order valence-electron chi connectivity index (χ3n) is 4.98. The van der Waals surface area contributed by atoms with Crippen LogP contribution in [0, 0.1) is 5.41 Å². The van der Waals surface area contributed by atoms with Crippen LogP contribution in [0.3, 0.4) is 0 Å². The van der Waals surface area contributed by atoms with Crippen LogP contribution in [0.2, 0.25) is 0 Å². The van der Waals surface area contributed by atoms with Gasteiger partial charge in [0.2, 0.25) is 5.91 Å². The topological polar surface area (TPSA) is 46.3 Å². The molecule has 112 valence electrons. The zero-order chi connectivity index (χ0) is 14.9. The van der Waals surface area contributed by atoms with E-state index >= 15 is 0 Å². The first-order valence-corrected chi connectivity index (χ1v) is 8.20. The van der Waals surface area contributed by atoms with Gasteiger partial charge in [-0.2, -0.15) is 0 Å². The first kappa shape index (κ1) is 14.5. The molecule has 1 heterocycles. The van der Waals surface area contributed by atoms with Crippen molar-refractivity contribution in [3.63, 3.8) is 0 Å². The molecule has 1 fully saturated rings. The lowest BCUT2D eigenvalue weighted by atomic mass is 9.84. The number of benzene rings is 1. The number of carbonyl (C=O) groups excluding carboxylic acids is 1. The standard InChI is InChI=1S/C17H22N2OS/c18-15(21)17(9-3-4-10-17)16(20)19-11-5-8-13-6-1-2-7-14(13)12-19/h1-2,6-7H,3-5,8-12H2,(H2,18,21). The maximum Gasteiger partial charge on any atom is 0.235 e. The molecule has 21 heavy (non-hydrogen) atoms. The fourth-order valence-electron chi connectivity index (χ4n) is 3.72. The highest BCUT2D eigenvalue weighted by atomic mass is 32.1. The summed E-state index contributed by atoms with van der Waals surface area (Å²) in [6, 6.07) is 8.42. The van der Waals surface area contributed by atoms with Crippen LogP contribution in [0.25, 0.3) is 0 Å². The molecule has 2 aliphatic rings. The molecule has 0 aromatic heterocycles. The third kappa shape index (κ3) is 2.57. The van der Waals surface area contributed by atoms with Crippen LogP contribution in [-0.4, -0.2) is 22.3 Å². The second-order valence-corrected chi connectivity index (χ2v) is 6.69. The Morgan fingerprint density at radius 3 is 2.48 bits per heavy atom. The Morgan fingerprint density at radius 1 is 1.14 bits per heavy atom. The third-order valence-corrected chi connectivity index (χ3v) is 5.37. The molecule has 0 saturated heterocycles. The molecule has 2 N–H and O–H groups in total. The number of hydrogen-bond donors (Lipinski definition) is 1. The van der Waals surface area contributed by atoms with E-state index in [4.69, 9.17) is 18.0 Å². The number of nitrogens with zero attached hydrogens (tertiary/aromatic N) is 1. The number of aryl methyl sites for hydroxylation is 1. The molecule has 1 aliphatic heterocycles. The molecule has 3 nitrogen and oxygen atoms in total. The van der Waals surface area contributed by atoms with Crippen molar-refractivity contribution in [2.24, 2.45) is 11.1 Å². The van der Waals surface area contributed by atoms with Gasteiger partial charge < -0.3 is 10.6 Å². The average molecular weight is 302 g/mol. The van der Waals surface area contributed by atoms with Crippen LogP contribution in [0.1, 0.15) is 43.2 Å². The minimum atomic E-state index is -0.575. The summed E-state index contributed by atoms with van der Waals surface area (Å²) in [6.45, 7) is 1.50. The molecule has 0 bridgehead atoms. The van der Waals surface area contributed by atoms with Gasteiger partial charge in [0.25, 0.3) is 0 Å². The smallest absolute Gasteiger partial charge is 0.235 e. The van der Waals surface area contributed by atoms with E-state index in [1.165, 1.54) is 11.1 Å². The van der Waals surface area contributed by atoms with Gasteiger partial charge in [-0.25, -0.2) is 0 Å². The van der Waals surface area contributed by atoms with Crippen molar-refractivity contribution in [1.29, 1.82) is 0 Å². The molecule has 0 atom stereocenters. The lowest BCUT2D eigenvalue weighted by molar-refractivity contribution is -0.138. The first-order chi connectivity index (χ1) is 10.1. The second-order valence-electron chi connectivity index (χ2n) is 6.25. The summed E-state index contributed by atoms with van der Waals surface area (Å²) in [5.74, 6) is 0.157. The van der Waals surface area contributed by atoms with E-state index < -0.39 is 5.41 Å². The summed E-state index contributed by atoms with van der Waals surface area (Å²) in [5, 5.41) is 0. The van der Waals surface area contributed by atoms with E-state index in [0.29, 0.717) is 11.5 Å². The van der Waals surface area contributed by atoms with Crippen molar-refractivity contribution in [1.82, 2.24) is 4.90 Å². The second kappa shape index (κ2) is 5.76. The molecule has 1 aromatic carbocycles. The number of thiocarbonyl (C=S) groups is 1. The van der Waals surface area contributed by atoms with Gasteiger partial charge in [0.05, 0.1) is 10.4 Å². The van der Waals surface area contributed by atoms with Crippen LogP contribution in [0.4, 0.5) is 0 Å². The van der Waals surface area contributed by atoms with Gasteiger partial charge in [-0.1, -0.05) is 49.3 Å². The van der Waals surface area contributed by atoms with Crippen LogP contribution in [-0.2, 0) is 17.8 Å². The molecule has 0 unspecified atom stereocenters. The Balaban J connectivity index is 1.86. The Morgan fingerprint density at radius 2 is 1.81 bits per heavy atom. The first-order valence-electron chi connectivity index (χ1n) is 7.79. The Bertz CT molecular complexity index is 564. The highest BCUT2D eigenvalue weighted by molar-refractivity contribution is 7.80. The van der Waals surface area contributed by atoms with Crippen molar-refractivity contribution in [2.45, 2.75) is 45.1 Å². The molecule has 1 saturated carbocycles. The van der Waals surface area contributed by atoms with Gasteiger partial charge >= 0.3 is 0 Å². The minimum absolute atomic E-state index is 0.157. The van der Waals surface area contributed by atoms with Gasteiger partial charge in [0.1, 0.15) is 0 Å². The van der Waals surface area contributed by atoms with Gasteiger partial charge in [0, 0.05) is 13.1 Å². The largest absolute Gasteiger partial charge is 0.392 e. The van der Waals surface area contributed by atoms with Gasteiger partial charge in [-0.3, -0.25) is 4.79 Å². The van der Waals surface area contributed by atoms with E-state index in [0.717, 1.165) is 45.1 Å². The molecule has 1 amide bonds. The summed E-state index contributed by atoms with van der Waals surface area (Å²) in [5.41, 5.74) is 8.01. The Kier molecular flexibility index (Phi) is 3.98. The van der Waals surface area contributed by atoms with Gasteiger partial charge in [0.15, 0.2) is 0 Å². The number of carbonyl (C=O) groups is 1. The summed E-state index contributed by atoms with van der Waals surface area (Å²) >= 11 is 5.26. The normalized spacial score (nSPS) is 20.7. The van der Waals surface area contributed by atoms with Crippen LogP contribution < -0.4 is 5.73 Å². The number of amides is 1. The number of hydrogen-bond acceptors (Lipinski definition) is 2. The molecular weight excluding hydrogens is 280 g/mol. The van der Waals surface area contributed by atoms with Crippen molar-refractivity contribution < 1.29 is 4.79 Å². The van der Waals surface area contributed by atoms with Crippen LogP contribution in [0.15, 0.2) is 24.3 Å². The van der Waals surface area contributed by atoms with Crippen molar-refractivity contribution in [3.05, 3.63) is 35.4 Å². The highest BCUT2D eigenvalue weighted by Crippen LogP contribution is 2.40. The SMILES string of the molecule is NC(=S)C1(C(=O)N2CCCc3ccccc3C2)CCCC1. The maximum absolute atomic E-state index is 13.1. The van der Waals surface area contributed by atoms with E-state index in [-0.39, 0.29) is 5.91 Å². The summed E-state index contributed by atoms with van der Waals surface area (Å²) < 4.78 is 0. The molecule has 0 spiro atoms. The highest BCUT2D eigenvalue weighted by Gasteiger charge is 2.46. The minimum Gasteiger partial charge on any atom is -0.392 e. The lowest BCUT2D eigenvalue weighted by Crippen LogP contribution is -2.49. The fraction of sp³-hybridized carbons (Fsp3) is 0.529. The van der Waals surface area contributed by atoms with Gasteiger partial charge in [-0.15, -0.1) is 0 Å². The number of fused-ring (bicyclic) bond motifs is 1. The van der Waals surface area contributed by atoms with Crippen LogP contribution >= 0.6 is 12.2 Å². The van der Waals surface area contributed by atoms with E-state index in [1.807, 2.05) is 11.0 Å². The van der Waals surface area contributed by atoms with Crippen molar-refractivity contribution in [2.75, 3.05) is 6.54 Å². The zero-order valence-corrected chi connectivity index (χ0v) is 13.1. The van der Waals surface area contributed by atoms with Crippen molar-refractivity contribution in [3.8, 4) is 0 Å². The summed E-state index contributed by atoms with van der Waals surface area (Å²) in [6.07, 6.45) is 5.79. The quantitative estimate of drug-likeness (QED) is 0.855. The van der Waals surface area contributed by atoms with Gasteiger partial charge in [-0.05, 0) is 36.8 Å². The van der Waals surface area contributed by atoms with Crippen LogP contribution in [0.5, 0.6) is 0 Å².